The number of hydrogen-bond acceptors (Lipinski definition) is 5. The lowest BCUT2D eigenvalue weighted by Crippen LogP contribution is -2.22. The quantitative estimate of drug-likeness (QED) is 0.372. The van der Waals surface area contributed by atoms with Crippen molar-refractivity contribution in [3.63, 3.8) is 0 Å². The predicted molar refractivity (Wildman–Crippen MR) is 120 cm³/mol. The molecule has 1 amide bonds. The second kappa shape index (κ2) is 9.26. The Morgan fingerprint density at radius 1 is 0.938 bits per heavy atom. The van der Waals surface area contributed by atoms with E-state index in [1.54, 1.807) is 35.0 Å². The van der Waals surface area contributed by atoms with Gasteiger partial charge in [-0.15, -0.1) is 0 Å². The smallest absolute Gasteiger partial charge is 0.345 e. The van der Waals surface area contributed by atoms with Gasteiger partial charge < -0.3 is 10.1 Å². The first-order chi connectivity index (χ1) is 15.5. The number of amides is 1. The Kier molecular flexibility index (Phi) is 6.07. The van der Waals surface area contributed by atoms with Crippen molar-refractivity contribution in [3.05, 3.63) is 107 Å². The number of carbonyl (C=O) groups excluding carboxylic acids is 2. The van der Waals surface area contributed by atoms with Crippen LogP contribution in [-0.4, -0.2) is 26.6 Å². The van der Waals surface area contributed by atoms with Crippen LogP contribution in [0.1, 0.15) is 37.7 Å². The van der Waals surface area contributed by atoms with Crippen LogP contribution in [0.3, 0.4) is 0 Å². The molecule has 0 radical (unpaired) electrons. The van der Waals surface area contributed by atoms with Crippen molar-refractivity contribution in [1.82, 2.24) is 20.1 Å². The van der Waals surface area contributed by atoms with Crippen molar-refractivity contribution in [2.24, 2.45) is 0 Å². The molecule has 0 saturated heterocycles. The summed E-state index contributed by atoms with van der Waals surface area (Å²) in [6, 6.07) is 21.4. The van der Waals surface area contributed by atoms with Gasteiger partial charge in [0.25, 0.3) is 5.91 Å². The van der Waals surface area contributed by atoms with Crippen LogP contribution < -0.4 is 10.1 Å². The summed E-state index contributed by atoms with van der Waals surface area (Å²) < 4.78 is 7.16. The third-order valence-corrected chi connectivity index (χ3v) is 4.81. The Hall–Kier alpha value is -4.26. The Morgan fingerprint density at radius 2 is 1.75 bits per heavy atom. The third kappa shape index (κ3) is 4.89. The summed E-state index contributed by atoms with van der Waals surface area (Å²) in [7, 11) is 0. The molecule has 7 nitrogen and oxygen atoms in total. The molecule has 32 heavy (non-hydrogen) atoms. The fraction of sp³-hybridized carbons (Fsp3) is 0.120. The van der Waals surface area contributed by atoms with E-state index >= 15 is 0 Å². The molecule has 4 rings (SSSR count). The number of pyridine rings is 1. The summed E-state index contributed by atoms with van der Waals surface area (Å²) in [5, 5.41) is 7.24. The van der Waals surface area contributed by atoms with Crippen molar-refractivity contribution in [1.29, 1.82) is 0 Å². The number of aryl methyl sites for hydroxylation is 2. The molecule has 0 unspecified atom stereocenters. The molecule has 7 heteroatoms. The van der Waals surface area contributed by atoms with Crippen LogP contribution in [0.2, 0.25) is 0 Å². The molecular weight excluding hydrogens is 404 g/mol. The van der Waals surface area contributed by atoms with E-state index in [9.17, 15) is 9.59 Å². The van der Waals surface area contributed by atoms with Gasteiger partial charge in [-0.2, -0.15) is 5.10 Å². The van der Waals surface area contributed by atoms with Crippen LogP contribution in [-0.2, 0) is 6.54 Å². The van der Waals surface area contributed by atoms with Gasteiger partial charge in [-0.1, -0.05) is 36.4 Å². The van der Waals surface area contributed by atoms with E-state index in [1.807, 2.05) is 50.2 Å². The molecule has 0 aliphatic heterocycles. The first kappa shape index (κ1) is 21.0. The average molecular weight is 426 g/mol. The summed E-state index contributed by atoms with van der Waals surface area (Å²) in [6.45, 7) is 4.26. The molecule has 4 aromatic rings. The molecule has 0 bridgehead atoms. The first-order valence-corrected chi connectivity index (χ1v) is 10.1. The van der Waals surface area contributed by atoms with E-state index < -0.39 is 5.97 Å². The van der Waals surface area contributed by atoms with Crippen LogP contribution in [0.5, 0.6) is 5.75 Å². The van der Waals surface area contributed by atoms with E-state index in [-0.39, 0.29) is 11.7 Å². The molecule has 0 saturated carbocycles. The first-order valence-electron chi connectivity index (χ1n) is 10.1. The van der Waals surface area contributed by atoms with Gasteiger partial charge in [-0.05, 0) is 55.8 Å². The minimum Gasteiger partial charge on any atom is -0.423 e. The Balaban J connectivity index is 1.41. The summed E-state index contributed by atoms with van der Waals surface area (Å²) in [4.78, 5) is 29.3. The molecule has 0 aliphatic rings. The Labute approximate surface area is 185 Å². The zero-order chi connectivity index (χ0) is 22.5. The SMILES string of the molecule is Cc1cc(C)n(-c2ccc(C(=O)Oc3cccc(C(=O)NCc4ccccc4)c3)cn2)n1. The number of nitrogens with one attached hydrogen (secondary N) is 1. The van der Waals surface area contributed by atoms with Crippen molar-refractivity contribution >= 4 is 11.9 Å². The molecular formula is C25H22N4O3. The second-order valence-corrected chi connectivity index (χ2v) is 7.33. The van der Waals surface area contributed by atoms with Crippen LogP contribution in [0.4, 0.5) is 0 Å². The summed E-state index contributed by atoms with van der Waals surface area (Å²) in [5.74, 6) is 0.0936. The fourth-order valence-electron chi connectivity index (χ4n) is 3.24. The van der Waals surface area contributed by atoms with Gasteiger partial charge in [0, 0.05) is 24.0 Å². The zero-order valence-electron chi connectivity index (χ0n) is 17.8. The summed E-state index contributed by atoms with van der Waals surface area (Å²) in [6.07, 6.45) is 1.45. The lowest BCUT2D eigenvalue weighted by Gasteiger charge is -2.08. The lowest BCUT2D eigenvalue weighted by molar-refractivity contribution is 0.0733. The number of hydrogen-bond donors (Lipinski definition) is 1. The Bertz CT molecular complexity index is 1250. The van der Waals surface area contributed by atoms with Crippen molar-refractivity contribution in [3.8, 4) is 11.6 Å². The highest BCUT2D eigenvalue weighted by Gasteiger charge is 2.13. The molecule has 2 heterocycles. The largest absolute Gasteiger partial charge is 0.423 e. The van der Waals surface area contributed by atoms with Crippen molar-refractivity contribution in [2.45, 2.75) is 20.4 Å². The average Bonchev–Trinajstić information content (AvgIpc) is 3.16. The molecule has 0 atom stereocenters. The van der Waals surface area contributed by atoms with Crippen molar-refractivity contribution < 1.29 is 14.3 Å². The molecule has 2 aromatic heterocycles. The third-order valence-electron chi connectivity index (χ3n) is 4.81. The summed E-state index contributed by atoms with van der Waals surface area (Å²) >= 11 is 0. The number of benzene rings is 2. The van der Waals surface area contributed by atoms with Crippen LogP contribution in [0, 0.1) is 13.8 Å². The maximum Gasteiger partial charge on any atom is 0.345 e. The van der Waals surface area contributed by atoms with E-state index in [1.165, 1.54) is 12.3 Å². The molecule has 1 N–H and O–H groups in total. The van der Waals surface area contributed by atoms with Gasteiger partial charge in [0.05, 0.1) is 11.3 Å². The highest BCUT2D eigenvalue weighted by atomic mass is 16.5. The van der Waals surface area contributed by atoms with Crippen LogP contribution >= 0.6 is 0 Å². The minimum atomic E-state index is -0.556. The van der Waals surface area contributed by atoms with Crippen LogP contribution in [0.25, 0.3) is 5.82 Å². The molecule has 0 spiro atoms. The number of rotatable bonds is 6. The van der Waals surface area contributed by atoms with Gasteiger partial charge >= 0.3 is 5.97 Å². The number of carbonyl (C=O) groups is 2. The second-order valence-electron chi connectivity index (χ2n) is 7.33. The molecule has 2 aromatic carbocycles. The molecule has 0 aliphatic carbocycles. The van der Waals surface area contributed by atoms with E-state index in [2.05, 4.69) is 15.4 Å². The number of esters is 1. The highest BCUT2D eigenvalue weighted by Crippen LogP contribution is 2.16. The normalized spacial score (nSPS) is 10.6. The maximum absolute atomic E-state index is 12.5. The van der Waals surface area contributed by atoms with Gasteiger partial charge in [-0.3, -0.25) is 4.79 Å². The minimum absolute atomic E-state index is 0.248. The fourth-order valence-corrected chi connectivity index (χ4v) is 3.24. The molecule has 160 valence electrons. The predicted octanol–water partition coefficient (Wildman–Crippen LogP) is 4.03. The standard InChI is InChI=1S/C25H22N4O3/c1-17-13-18(2)29(28-17)23-12-11-21(16-26-23)25(31)32-22-10-6-9-20(14-22)24(30)27-15-19-7-4-3-5-8-19/h3-14,16H,15H2,1-2H3,(H,27,30). The number of aromatic nitrogens is 3. The highest BCUT2D eigenvalue weighted by molar-refractivity contribution is 5.95. The zero-order valence-corrected chi connectivity index (χ0v) is 17.8. The van der Waals surface area contributed by atoms with Crippen LogP contribution in [0.15, 0.2) is 79.0 Å². The van der Waals surface area contributed by atoms with Gasteiger partial charge in [0.2, 0.25) is 0 Å². The van der Waals surface area contributed by atoms with Gasteiger partial charge in [0.1, 0.15) is 5.75 Å². The van der Waals surface area contributed by atoms with E-state index in [0.29, 0.717) is 23.5 Å². The van der Waals surface area contributed by atoms with E-state index in [0.717, 1.165) is 17.0 Å². The van der Waals surface area contributed by atoms with E-state index in [4.69, 9.17) is 4.74 Å². The number of nitrogens with zero attached hydrogens (tertiary/aromatic N) is 3. The molecule has 0 fully saturated rings. The maximum atomic E-state index is 12.5. The summed E-state index contributed by atoms with van der Waals surface area (Å²) in [5.41, 5.74) is 3.55. The lowest BCUT2D eigenvalue weighted by atomic mass is 10.2. The monoisotopic (exact) mass is 426 g/mol. The Morgan fingerprint density at radius 3 is 2.44 bits per heavy atom. The van der Waals surface area contributed by atoms with Crippen molar-refractivity contribution in [2.75, 3.05) is 0 Å². The van der Waals surface area contributed by atoms with Gasteiger partial charge in [0.15, 0.2) is 5.82 Å². The van der Waals surface area contributed by atoms with Gasteiger partial charge in [-0.25, -0.2) is 14.5 Å². The number of ether oxygens (including phenoxy) is 1. The topological polar surface area (TPSA) is 86.1 Å².